The Morgan fingerprint density at radius 3 is 2.50 bits per heavy atom. The molecule has 0 atom stereocenters. The molecule has 2 aromatic carbocycles. The van der Waals surface area contributed by atoms with E-state index < -0.39 is 4.92 Å². The zero-order valence-corrected chi connectivity index (χ0v) is 13.8. The molecule has 1 amide bonds. The van der Waals surface area contributed by atoms with Gasteiger partial charge < -0.3 is 5.32 Å². The van der Waals surface area contributed by atoms with Crippen molar-refractivity contribution in [2.45, 2.75) is 12.7 Å². The number of amides is 1. The molecular formula is C17H16N2O4S. The first-order valence-electron chi connectivity index (χ1n) is 7.17. The van der Waals surface area contributed by atoms with E-state index in [-0.39, 0.29) is 23.1 Å². The van der Waals surface area contributed by atoms with E-state index in [0.717, 1.165) is 5.56 Å². The lowest BCUT2D eigenvalue weighted by molar-refractivity contribution is -0.384. The van der Waals surface area contributed by atoms with Crippen molar-refractivity contribution in [2.24, 2.45) is 0 Å². The number of nitrogens with one attached hydrogen (secondary N) is 1. The summed E-state index contributed by atoms with van der Waals surface area (Å²) < 4.78 is 0. The highest BCUT2D eigenvalue weighted by atomic mass is 32.2. The third kappa shape index (κ3) is 5.20. The lowest BCUT2D eigenvalue weighted by atomic mass is 10.1. The van der Waals surface area contributed by atoms with E-state index >= 15 is 0 Å². The first-order valence-corrected chi connectivity index (χ1v) is 8.33. The number of hydrogen-bond donors (Lipinski definition) is 1. The van der Waals surface area contributed by atoms with E-state index in [4.69, 9.17) is 0 Å². The number of nitro benzene ring substituents is 1. The van der Waals surface area contributed by atoms with Crippen molar-refractivity contribution in [1.82, 2.24) is 0 Å². The number of carbonyl (C=O) groups is 2. The number of rotatable bonds is 7. The van der Waals surface area contributed by atoms with Crippen molar-refractivity contribution >= 4 is 34.8 Å². The Kier molecular flexibility index (Phi) is 6.08. The van der Waals surface area contributed by atoms with Crippen molar-refractivity contribution in [3.63, 3.8) is 0 Å². The van der Waals surface area contributed by atoms with Gasteiger partial charge in [0.2, 0.25) is 5.91 Å². The van der Waals surface area contributed by atoms with Crippen LogP contribution in [0.3, 0.4) is 0 Å². The van der Waals surface area contributed by atoms with Gasteiger partial charge in [0.25, 0.3) is 5.69 Å². The van der Waals surface area contributed by atoms with Crippen LogP contribution >= 0.6 is 11.8 Å². The summed E-state index contributed by atoms with van der Waals surface area (Å²) in [6.45, 7) is 1.47. The largest absolute Gasteiger partial charge is 0.325 e. The Morgan fingerprint density at radius 2 is 1.88 bits per heavy atom. The summed E-state index contributed by atoms with van der Waals surface area (Å²) in [5, 5.41) is 13.3. The van der Waals surface area contributed by atoms with E-state index in [1.54, 1.807) is 36.4 Å². The predicted octanol–water partition coefficient (Wildman–Crippen LogP) is 3.67. The van der Waals surface area contributed by atoms with Crippen LogP contribution in [-0.4, -0.2) is 22.4 Å². The monoisotopic (exact) mass is 344 g/mol. The van der Waals surface area contributed by atoms with Gasteiger partial charge in [-0.05, 0) is 24.6 Å². The third-order valence-electron chi connectivity index (χ3n) is 3.20. The number of thioether (sulfide) groups is 1. The summed E-state index contributed by atoms with van der Waals surface area (Å²) in [6, 6.07) is 13.0. The molecule has 0 saturated heterocycles. The standard InChI is InChI=1S/C17H16N2O4S/c1-12(20)14-3-2-4-15(9-14)18-17(21)11-24-10-13-5-7-16(8-6-13)19(22)23/h2-9H,10-11H2,1H3,(H,18,21). The van der Waals surface area contributed by atoms with Crippen LogP contribution in [0.4, 0.5) is 11.4 Å². The van der Waals surface area contributed by atoms with E-state index in [2.05, 4.69) is 5.32 Å². The van der Waals surface area contributed by atoms with Gasteiger partial charge in [-0.2, -0.15) is 0 Å². The van der Waals surface area contributed by atoms with E-state index in [1.807, 2.05) is 0 Å². The van der Waals surface area contributed by atoms with Gasteiger partial charge in [-0.3, -0.25) is 19.7 Å². The zero-order chi connectivity index (χ0) is 17.5. The summed E-state index contributed by atoms with van der Waals surface area (Å²) in [7, 11) is 0. The maximum Gasteiger partial charge on any atom is 0.269 e. The normalized spacial score (nSPS) is 10.2. The summed E-state index contributed by atoms with van der Waals surface area (Å²) in [6.07, 6.45) is 0. The average molecular weight is 344 g/mol. The first kappa shape index (κ1) is 17.7. The highest BCUT2D eigenvalue weighted by Gasteiger charge is 2.07. The number of Topliss-reactive ketones (excluding diaryl/α,β-unsaturated/α-hetero) is 1. The molecule has 0 fully saturated rings. The molecule has 0 aliphatic rings. The molecule has 2 aromatic rings. The second-order valence-corrected chi connectivity index (χ2v) is 6.09. The van der Waals surface area contributed by atoms with Gasteiger partial charge in [-0.25, -0.2) is 0 Å². The minimum Gasteiger partial charge on any atom is -0.325 e. The fourth-order valence-corrected chi connectivity index (χ4v) is 2.78. The highest BCUT2D eigenvalue weighted by molar-refractivity contribution is 7.99. The molecule has 0 aromatic heterocycles. The smallest absolute Gasteiger partial charge is 0.269 e. The van der Waals surface area contributed by atoms with Crippen LogP contribution in [0.5, 0.6) is 0 Å². The van der Waals surface area contributed by atoms with Crippen molar-refractivity contribution in [1.29, 1.82) is 0 Å². The fourth-order valence-electron chi connectivity index (χ4n) is 1.99. The molecule has 0 radical (unpaired) electrons. The van der Waals surface area contributed by atoms with Crippen molar-refractivity contribution in [2.75, 3.05) is 11.1 Å². The number of carbonyl (C=O) groups excluding carboxylic acids is 2. The molecular weight excluding hydrogens is 328 g/mol. The topological polar surface area (TPSA) is 89.3 Å². The summed E-state index contributed by atoms with van der Waals surface area (Å²) in [5.74, 6) is 0.612. The van der Waals surface area contributed by atoms with E-state index in [1.165, 1.54) is 30.8 Å². The Balaban J connectivity index is 1.82. The van der Waals surface area contributed by atoms with Crippen LogP contribution in [-0.2, 0) is 10.5 Å². The zero-order valence-electron chi connectivity index (χ0n) is 13.0. The molecule has 124 valence electrons. The van der Waals surface area contributed by atoms with Gasteiger partial charge in [0.1, 0.15) is 0 Å². The number of non-ortho nitro benzene ring substituents is 1. The molecule has 0 bridgehead atoms. The first-order chi connectivity index (χ1) is 11.5. The van der Waals surface area contributed by atoms with Crippen LogP contribution in [0.15, 0.2) is 48.5 Å². The summed E-state index contributed by atoms with van der Waals surface area (Å²) >= 11 is 1.41. The highest BCUT2D eigenvalue weighted by Crippen LogP contribution is 2.17. The molecule has 6 nitrogen and oxygen atoms in total. The SMILES string of the molecule is CC(=O)c1cccc(NC(=O)CSCc2ccc([N+](=O)[O-])cc2)c1. The number of nitrogens with zero attached hydrogens (tertiary/aromatic N) is 1. The maximum atomic E-state index is 11.9. The van der Waals surface area contributed by atoms with E-state index in [9.17, 15) is 19.7 Å². The van der Waals surface area contributed by atoms with Crippen LogP contribution < -0.4 is 5.32 Å². The van der Waals surface area contributed by atoms with Crippen molar-refractivity contribution in [3.8, 4) is 0 Å². The number of nitro groups is 1. The van der Waals surface area contributed by atoms with Crippen LogP contribution in [0.1, 0.15) is 22.8 Å². The number of benzene rings is 2. The van der Waals surface area contributed by atoms with Crippen LogP contribution in [0.25, 0.3) is 0 Å². The fraction of sp³-hybridized carbons (Fsp3) is 0.176. The van der Waals surface area contributed by atoms with Crippen LogP contribution in [0, 0.1) is 10.1 Å². The molecule has 0 aliphatic heterocycles. The maximum absolute atomic E-state index is 11.9. The van der Waals surface area contributed by atoms with Gasteiger partial charge in [-0.15, -0.1) is 11.8 Å². The van der Waals surface area contributed by atoms with Gasteiger partial charge in [-0.1, -0.05) is 24.3 Å². The Bertz CT molecular complexity index is 759. The lowest BCUT2D eigenvalue weighted by Crippen LogP contribution is -2.14. The summed E-state index contributed by atoms with van der Waals surface area (Å²) in [4.78, 5) is 33.4. The molecule has 0 heterocycles. The molecule has 0 unspecified atom stereocenters. The lowest BCUT2D eigenvalue weighted by Gasteiger charge is -2.06. The molecule has 0 spiro atoms. The number of ketones is 1. The van der Waals surface area contributed by atoms with Gasteiger partial charge in [0.05, 0.1) is 10.7 Å². The molecule has 2 rings (SSSR count). The van der Waals surface area contributed by atoms with Gasteiger partial charge in [0.15, 0.2) is 5.78 Å². The van der Waals surface area contributed by atoms with Gasteiger partial charge in [0, 0.05) is 29.1 Å². The predicted molar refractivity (Wildman–Crippen MR) is 94.3 cm³/mol. The Morgan fingerprint density at radius 1 is 1.17 bits per heavy atom. The average Bonchev–Trinajstić information content (AvgIpc) is 2.55. The van der Waals surface area contributed by atoms with Crippen molar-refractivity contribution in [3.05, 3.63) is 69.8 Å². The molecule has 1 N–H and O–H groups in total. The van der Waals surface area contributed by atoms with Crippen LogP contribution in [0.2, 0.25) is 0 Å². The van der Waals surface area contributed by atoms with E-state index in [0.29, 0.717) is 17.0 Å². The minimum atomic E-state index is -0.445. The second-order valence-electron chi connectivity index (χ2n) is 5.10. The molecule has 24 heavy (non-hydrogen) atoms. The van der Waals surface area contributed by atoms with Crippen molar-refractivity contribution < 1.29 is 14.5 Å². The molecule has 0 saturated carbocycles. The summed E-state index contributed by atoms with van der Waals surface area (Å²) in [5.41, 5.74) is 2.10. The van der Waals surface area contributed by atoms with Gasteiger partial charge >= 0.3 is 0 Å². The number of hydrogen-bond acceptors (Lipinski definition) is 5. The molecule has 7 heteroatoms. The Hall–Kier alpha value is -2.67. The third-order valence-corrected chi connectivity index (χ3v) is 4.21. The number of anilines is 1. The minimum absolute atomic E-state index is 0.0480. The molecule has 0 aliphatic carbocycles. The Labute approximate surface area is 143 Å². The quantitative estimate of drug-likeness (QED) is 0.470. The second kappa shape index (κ2) is 8.26.